The van der Waals surface area contributed by atoms with Crippen molar-refractivity contribution in [3.63, 3.8) is 0 Å². The molecule has 2 aliphatic rings. The van der Waals surface area contributed by atoms with E-state index in [9.17, 15) is 0 Å². The number of rotatable bonds is 4. The van der Waals surface area contributed by atoms with Gasteiger partial charge in [0.05, 0.1) is 6.61 Å². The van der Waals surface area contributed by atoms with Crippen molar-refractivity contribution in [3.05, 3.63) is 71.5 Å². The first kappa shape index (κ1) is 16.6. The third kappa shape index (κ3) is 3.15. The molecule has 1 aromatic heterocycles. The van der Waals surface area contributed by atoms with E-state index in [1.807, 2.05) is 6.20 Å². The minimum absolute atomic E-state index is 0.487. The average Bonchev–Trinajstić information content (AvgIpc) is 3.42. The number of likely N-dealkylation sites (tertiary alicyclic amines) is 1. The number of ether oxygens (including phenoxy) is 1. The monoisotopic (exact) mass is 359 g/mol. The van der Waals surface area contributed by atoms with Gasteiger partial charge < -0.3 is 9.30 Å². The van der Waals surface area contributed by atoms with Gasteiger partial charge in [0.1, 0.15) is 11.6 Å². The molecule has 1 unspecified atom stereocenters. The highest BCUT2D eigenvalue weighted by molar-refractivity contribution is 5.56. The number of nitrogens with zero attached hydrogens (tertiary/aromatic N) is 3. The van der Waals surface area contributed by atoms with Crippen LogP contribution in [0.1, 0.15) is 29.3 Å². The minimum atomic E-state index is 0.487. The van der Waals surface area contributed by atoms with Crippen LogP contribution in [0.3, 0.4) is 0 Å². The fraction of sp³-hybridized carbons (Fsp3) is 0.348. The molecule has 0 N–H and O–H groups in total. The van der Waals surface area contributed by atoms with Crippen molar-refractivity contribution >= 4 is 0 Å². The van der Waals surface area contributed by atoms with Gasteiger partial charge in [-0.1, -0.05) is 42.5 Å². The summed E-state index contributed by atoms with van der Waals surface area (Å²) in [5, 5.41) is 0. The van der Waals surface area contributed by atoms with Crippen molar-refractivity contribution in [3.8, 4) is 17.1 Å². The molecule has 0 bridgehead atoms. The Bertz CT molecular complexity index is 948. The van der Waals surface area contributed by atoms with E-state index in [0.29, 0.717) is 6.04 Å². The highest BCUT2D eigenvalue weighted by Gasteiger charge is 2.27. The first-order valence-corrected chi connectivity index (χ1v) is 9.84. The Hall–Kier alpha value is -2.59. The second kappa shape index (κ2) is 6.86. The maximum atomic E-state index is 5.63. The van der Waals surface area contributed by atoms with Crippen molar-refractivity contribution in [1.29, 1.82) is 0 Å². The molecule has 138 valence electrons. The fourth-order valence-corrected chi connectivity index (χ4v) is 4.47. The molecule has 0 aliphatic carbocycles. The van der Waals surface area contributed by atoms with Gasteiger partial charge in [-0.05, 0) is 30.5 Å². The summed E-state index contributed by atoms with van der Waals surface area (Å²) < 4.78 is 8.07. The van der Waals surface area contributed by atoms with Gasteiger partial charge in [-0.3, -0.25) is 4.90 Å². The quantitative estimate of drug-likeness (QED) is 0.698. The van der Waals surface area contributed by atoms with Crippen molar-refractivity contribution in [2.75, 3.05) is 19.7 Å². The second-order valence-electron chi connectivity index (χ2n) is 7.68. The summed E-state index contributed by atoms with van der Waals surface area (Å²) in [6.07, 6.45) is 4.22. The first-order valence-electron chi connectivity index (χ1n) is 9.84. The van der Waals surface area contributed by atoms with E-state index in [0.717, 1.165) is 44.2 Å². The van der Waals surface area contributed by atoms with Crippen LogP contribution in [0, 0.1) is 6.92 Å². The number of imidazole rings is 1. The maximum absolute atomic E-state index is 5.63. The van der Waals surface area contributed by atoms with Gasteiger partial charge in [0, 0.05) is 49.6 Å². The van der Waals surface area contributed by atoms with Crippen molar-refractivity contribution in [1.82, 2.24) is 14.5 Å². The molecule has 3 aromatic rings. The van der Waals surface area contributed by atoms with E-state index in [-0.39, 0.29) is 0 Å². The molecule has 2 aliphatic heterocycles. The molecule has 0 spiro atoms. The van der Waals surface area contributed by atoms with Crippen LogP contribution in [-0.4, -0.2) is 34.1 Å². The summed E-state index contributed by atoms with van der Waals surface area (Å²) in [5.74, 6) is 2.16. The molecule has 0 amide bonds. The summed E-state index contributed by atoms with van der Waals surface area (Å²) in [4.78, 5) is 7.28. The zero-order valence-corrected chi connectivity index (χ0v) is 15.8. The molecule has 0 radical (unpaired) electrons. The van der Waals surface area contributed by atoms with Gasteiger partial charge in [0.25, 0.3) is 0 Å². The SMILES string of the molecule is Cc1cnc(-c2ccccc2)n1C1CCN(Cc2ccc3c(c2)CCO3)C1. The molecule has 2 aromatic carbocycles. The van der Waals surface area contributed by atoms with Crippen molar-refractivity contribution in [2.45, 2.75) is 32.4 Å². The molecule has 1 fully saturated rings. The minimum Gasteiger partial charge on any atom is -0.493 e. The molecular formula is C23H25N3O. The number of hydrogen-bond donors (Lipinski definition) is 0. The summed E-state index contributed by atoms with van der Waals surface area (Å²) in [6.45, 7) is 6.21. The third-order valence-electron chi connectivity index (χ3n) is 5.79. The van der Waals surface area contributed by atoms with Gasteiger partial charge in [-0.15, -0.1) is 0 Å². The van der Waals surface area contributed by atoms with Crippen LogP contribution < -0.4 is 4.74 Å². The summed E-state index contributed by atoms with van der Waals surface area (Å²) in [5.41, 5.74) is 5.20. The lowest BCUT2D eigenvalue weighted by atomic mass is 10.1. The third-order valence-corrected chi connectivity index (χ3v) is 5.79. The van der Waals surface area contributed by atoms with Crippen LogP contribution in [0.15, 0.2) is 54.7 Å². The van der Waals surface area contributed by atoms with E-state index in [1.54, 1.807) is 0 Å². The van der Waals surface area contributed by atoms with Gasteiger partial charge in [-0.2, -0.15) is 0 Å². The predicted octanol–water partition coefficient (Wildman–Crippen LogP) is 4.24. The first-order chi connectivity index (χ1) is 13.3. The topological polar surface area (TPSA) is 30.3 Å². The molecular weight excluding hydrogens is 334 g/mol. The number of fused-ring (bicyclic) bond motifs is 1. The Labute approximate surface area is 160 Å². The number of benzene rings is 2. The highest BCUT2D eigenvalue weighted by atomic mass is 16.5. The zero-order chi connectivity index (χ0) is 18.2. The van der Waals surface area contributed by atoms with E-state index in [2.05, 4.69) is 64.9 Å². The highest BCUT2D eigenvalue weighted by Crippen LogP contribution is 2.31. The Morgan fingerprint density at radius 2 is 2.04 bits per heavy atom. The van der Waals surface area contributed by atoms with Crippen LogP contribution in [0.5, 0.6) is 5.75 Å². The summed E-state index contributed by atoms with van der Waals surface area (Å²) >= 11 is 0. The molecule has 1 atom stereocenters. The Kier molecular flexibility index (Phi) is 4.21. The van der Waals surface area contributed by atoms with Gasteiger partial charge >= 0.3 is 0 Å². The Balaban J connectivity index is 1.34. The molecule has 5 rings (SSSR count). The number of aromatic nitrogens is 2. The van der Waals surface area contributed by atoms with Crippen LogP contribution in [-0.2, 0) is 13.0 Å². The molecule has 4 nitrogen and oxygen atoms in total. The van der Waals surface area contributed by atoms with Crippen LogP contribution >= 0.6 is 0 Å². The molecule has 27 heavy (non-hydrogen) atoms. The van der Waals surface area contributed by atoms with Gasteiger partial charge in [0.15, 0.2) is 0 Å². The molecule has 3 heterocycles. The maximum Gasteiger partial charge on any atom is 0.140 e. The number of aryl methyl sites for hydroxylation is 1. The molecule has 0 saturated carbocycles. The normalized spacial score (nSPS) is 19.2. The van der Waals surface area contributed by atoms with Crippen molar-refractivity contribution < 1.29 is 4.74 Å². The van der Waals surface area contributed by atoms with Gasteiger partial charge in [0.2, 0.25) is 0 Å². The van der Waals surface area contributed by atoms with Crippen LogP contribution in [0.25, 0.3) is 11.4 Å². The van der Waals surface area contributed by atoms with E-state index in [1.165, 1.54) is 28.8 Å². The summed E-state index contributed by atoms with van der Waals surface area (Å²) in [6, 6.07) is 17.7. The van der Waals surface area contributed by atoms with E-state index < -0.39 is 0 Å². The molecule has 4 heteroatoms. The van der Waals surface area contributed by atoms with Crippen molar-refractivity contribution in [2.24, 2.45) is 0 Å². The summed E-state index contributed by atoms with van der Waals surface area (Å²) in [7, 11) is 0. The smallest absolute Gasteiger partial charge is 0.140 e. The zero-order valence-electron chi connectivity index (χ0n) is 15.8. The predicted molar refractivity (Wildman–Crippen MR) is 107 cm³/mol. The number of hydrogen-bond acceptors (Lipinski definition) is 3. The Morgan fingerprint density at radius 1 is 1.15 bits per heavy atom. The van der Waals surface area contributed by atoms with Gasteiger partial charge in [-0.25, -0.2) is 4.98 Å². The Morgan fingerprint density at radius 3 is 2.93 bits per heavy atom. The lowest BCUT2D eigenvalue weighted by molar-refractivity contribution is 0.316. The van der Waals surface area contributed by atoms with E-state index >= 15 is 0 Å². The average molecular weight is 359 g/mol. The van der Waals surface area contributed by atoms with E-state index in [4.69, 9.17) is 9.72 Å². The lowest BCUT2D eigenvalue weighted by Gasteiger charge is -2.20. The van der Waals surface area contributed by atoms with Crippen LogP contribution in [0.2, 0.25) is 0 Å². The fourth-order valence-electron chi connectivity index (χ4n) is 4.47. The molecule has 1 saturated heterocycles. The second-order valence-corrected chi connectivity index (χ2v) is 7.68. The lowest BCUT2D eigenvalue weighted by Crippen LogP contribution is -2.22. The largest absolute Gasteiger partial charge is 0.493 e. The van der Waals surface area contributed by atoms with Crippen LogP contribution in [0.4, 0.5) is 0 Å². The standard InChI is InChI=1S/C23H25N3O/c1-17-14-24-23(19-5-3-2-4-6-19)26(17)21-9-11-25(16-21)15-18-7-8-22-20(13-18)10-12-27-22/h2-8,13-14,21H,9-12,15-16H2,1H3.